The second-order valence-electron chi connectivity index (χ2n) is 8.65. The lowest BCUT2D eigenvalue weighted by Crippen LogP contribution is -2.21. The molecule has 0 saturated heterocycles. The first-order valence-electron chi connectivity index (χ1n) is 11.9. The first-order valence-corrected chi connectivity index (χ1v) is 13.4. The van der Waals surface area contributed by atoms with E-state index in [2.05, 4.69) is 15.0 Å². The van der Waals surface area contributed by atoms with Gasteiger partial charge < -0.3 is 5.32 Å². The number of anilines is 1. The Balaban J connectivity index is 1.39. The van der Waals surface area contributed by atoms with E-state index >= 15 is 0 Å². The van der Waals surface area contributed by atoms with Crippen LogP contribution in [0.25, 0.3) is 6.08 Å². The number of benzene rings is 2. The predicted octanol–water partition coefficient (Wildman–Crippen LogP) is 5.43. The monoisotopic (exact) mass is 491 g/mol. The minimum atomic E-state index is -3.65. The Labute approximate surface area is 208 Å². The smallest absolute Gasteiger partial charge is 0.261 e. The van der Waals surface area contributed by atoms with Crippen LogP contribution in [0.15, 0.2) is 78.0 Å². The van der Waals surface area contributed by atoms with E-state index in [1.165, 1.54) is 6.08 Å². The molecule has 3 rings (SSSR count). The van der Waals surface area contributed by atoms with E-state index in [1.54, 1.807) is 36.7 Å². The summed E-state index contributed by atoms with van der Waals surface area (Å²) >= 11 is 0. The molecule has 35 heavy (non-hydrogen) atoms. The van der Waals surface area contributed by atoms with E-state index < -0.39 is 10.0 Å². The molecule has 3 aromatic rings. The fourth-order valence-corrected chi connectivity index (χ4v) is 4.83. The Morgan fingerprint density at radius 3 is 2.60 bits per heavy atom. The van der Waals surface area contributed by atoms with Crippen molar-refractivity contribution < 1.29 is 13.2 Å². The van der Waals surface area contributed by atoms with Crippen LogP contribution < -0.4 is 10.0 Å². The highest BCUT2D eigenvalue weighted by atomic mass is 32.2. The van der Waals surface area contributed by atoms with Gasteiger partial charge in [-0.2, -0.15) is 0 Å². The summed E-state index contributed by atoms with van der Waals surface area (Å²) in [6.45, 7) is 4.46. The quantitative estimate of drug-likeness (QED) is 0.261. The zero-order chi connectivity index (χ0) is 25.1. The van der Waals surface area contributed by atoms with Gasteiger partial charge in [-0.3, -0.25) is 14.5 Å². The fourth-order valence-electron chi connectivity index (χ4n) is 3.64. The molecule has 1 heterocycles. The van der Waals surface area contributed by atoms with Crippen LogP contribution in [0, 0.1) is 13.8 Å². The van der Waals surface area contributed by atoms with Gasteiger partial charge in [0, 0.05) is 25.0 Å². The second-order valence-corrected chi connectivity index (χ2v) is 10.3. The third-order valence-electron chi connectivity index (χ3n) is 5.65. The molecule has 0 bridgehead atoms. The molecule has 0 aliphatic rings. The predicted molar refractivity (Wildman–Crippen MR) is 142 cm³/mol. The molecule has 7 heteroatoms. The molecule has 0 aliphatic carbocycles. The van der Waals surface area contributed by atoms with Crippen molar-refractivity contribution in [2.24, 2.45) is 0 Å². The van der Waals surface area contributed by atoms with Crippen molar-refractivity contribution in [2.45, 2.75) is 50.8 Å². The highest BCUT2D eigenvalue weighted by Gasteiger charge is 2.15. The van der Waals surface area contributed by atoms with Crippen molar-refractivity contribution >= 4 is 27.7 Å². The van der Waals surface area contributed by atoms with Gasteiger partial charge >= 0.3 is 0 Å². The number of aromatic nitrogens is 1. The maximum Gasteiger partial charge on any atom is 0.261 e. The van der Waals surface area contributed by atoms with E-state index in [1.807, 2.05) is 50.2 Å². The number of pyridine rings is 1. The standard InChI is InChI=1S/C28H33N3O3S/c1-22-13-14-23(2)27(19-22)31-35(33,34)26-12-7-10-24(20-26)9-5-3-4-6-18-30-28(32)16-15-25-11-8-17-29-21-25/h7-8,10-17,19-21,31H,3-6,9,18H2,1-2H3,(H,30,32)/b16-15+. The number of nitrogens with one attached hydrogen (secondary N) is 2. The number of carbonyl (C=O) groups is 1. The van der Waals surface area contributed by atoms with E-state index in [4.69, 9.17) is 0 Å². The van der Waals surface area contributed by atoms with Crippen LogP contribution >= 0.6 is 0 Å². The molecule has 0 aliphatic heterocycles. The normalized spacial score (nSPS) is 11.5. The van der Waals surface area contributed by atoms with Crippen molar-refractivity contribution in [2.75, 3.05) is 11.3 Å². The minimum absolute atomic E-state index is 0.110. The zero-order valence-electron chi connectivity index (χ0n) is 20.3. The van der Waals surface area contributed by atoms with Gasteiger partial charge in [0.25, 0.3) is 10.0 Å². The molecule has 1 amide bonds. The summed E-state index contributed by atoms with van der Waals surface area (Å²) in [5, 5.41) is 2.89. The van der Waals surface area contributed by atoms with E-state index in [-0.39, 0.29) is 10.8 Å². The largest absolute Gasteiger partial charge is 0.353 e. The molecule has 0 unspecified atom stereocenters. The number of amides is 1. The molecule has 0 atom stereocenters. The third kappa shape index (κ3) is 8.68. The Kier molecular flexibility index (Phi) is 9.61. The maximum absolute atomic E-state index is 12.9. The van der Waals surface area contributed by atoms with Crippen LogP contribution in [0.2, 0.25) is 0 Å². The third-order valence-corrected chi connectivity index (χ3v) is 7.01. The topological polar surface area (TPSA) is 88.2 Å². The number of hydrogen-bond acceptors (Lipinski definition) is 4. The summed E-state index contributed by atoms with van der Waals surface area (Å²) in [6.07, 6.45) is 11.4. The average Bonchev–Trinajstić information content (AvgIpc) is 2.85. The van der Waals surface area contributed by atoms with Crippen LogP contribution in [0.1, 0.15) is 47.9 Å². The number of carbonyl (C=O) groups excluding carboxylic acids is 1. The minimum Gasteiger partial charge on any atom is -0.353 e. The van der Waals surface area contributed by atoms with Crippen molar-refractivity contribution in [1.82, 2.24) is 10.3 Å². The van der Waals surface area contributed by atoms with Crippen LogP contribution in [0.4, 0.5) is 5.69 Å². The highest BCUT2D eigenvalue weighted by molar-refractivity contribution is 7.92. The molecule has 184 valence electrons. The lowest BCUT2D eigenvalue weighted by atomic mass is 10.1. The molecular weight excluding hydrogens is 458 g/mol. The number of sulfonamides is 1. The summed E-state index contributed by atoms with van der Waals surface area (Å²) in [5.41, 5.74) is 4.39. The molecule has 6 nitrogen and oxygen atoms in total. The first kappa shape index (κ1) is 26.2. The average molecular weight is 492 g/mol. The molecular formula is C28H33N3O3S. The van der Waals surface area contributed by atoms with Crippen LogP contribution in [-0.2, 0) is 21.2 Å². The summed E-state index contributed by atoms with van der Waals surface area (Å²) < 4.78 is 28.5. The SMILES string of the molecule is Cc1ccc(C)c(NS(=O)(=O)c2cccc(CCCCCCNC(=O)/C=C/c3cccnc3)c2)c1. The van der Waals surface area contributed by atoms with Crippen molar-refractivity contribution in [3.63, 3.8) is 0 Å². The zero-order valence-corrected chi connectivity index (χ0v) is 21.1. The van der Waals surface area contributed by atoms with Gasteiger partial charge in [0.1, 0.15) is 0 Å². The molecule has 0 fully saturated rings. The number of unbranched alkanes of at least 4 members (excludes halogenated alkanes) is 3. The number of aryl methyl sites for hydroxylation is 3. The Bertz CT molecular complexity index is 1260. The van der Waals surface area contributed by atoms with Crippen LogP contribution in [0.3, 0.4) is 0 Å². The van der Waals surface area contributed by atoms with Crippen molar-refractivity contribution in [3.8, 4) is 0 Å². The lowest BCUT2D eigenvalue weighted by Gasteiger charge is -2.12. The van der Waals surface area contributed by atoms with Gasteiger partial charge in [-0.15, -0.1) is 0 Å². The summed E-state index contributed by atoms with van der Waals surface area (Å²) in [4.78, 5) is 16.2. The first-order chi connectivity index (χ1) is 16.8. The maximum atomic E-state index is 12.9. The van der Waals surface area contributed by atoms with E-state index in [9.17, 15) is 13.2 Å². The molecule has 0 radical (unpaired) electrons. The second kappa shape index (κ2) is 12.9. The van der Waals surface area contributed by atoms with Gasteiger partial charge in [0.05, 0.1) is 10.6 Å². The van der Waals surface area contributed by atoms with E-state index in [0.717, 1.165) is 54.4 Å². The van der Waals surface area contributed by atoms with E-state index in [0.29, 0.717) is 12.2 Å². The van der Waals surface area contributed by atoms with Gasteiger partial charge in [-0.05, 0) is 85.7 Å². The van der Waals surface area contributed by atoms with Gasteiger partial charge in [0.15, 0.2) is 0 Å². The number of rotatable bonds is 12. The molecule has 1 aromatic heterocycles. The Hall–Kier alpha value is -3.45. The molecule has 0 spiro atoms. The van der Waals surface area contributed by atoms with Crippen molar-refractivity contribution in [1.29, 1.82) is 0 Å². The van der Waals surface area contributed by atoms with Gasteiger partial charge in [-0.25, -0.2) is 8.42 Å². The van der Waals surface area contributed by atoms with Crippen molar-refractivity contribution in [3.05, 3.63) is 95.3 Å². The summed E-state index contributed by atoms with van der Waals surface area (Å²) in [7, 11) is -3.65. The molecule has 0 saturated carbocycles. The number of nitrogens with zero attached hydrogens (tertiary/aromatic N) is 1. The highest BCUT2D eigenvalue weighted by Crippen LogP contribution is 2.22. The Morgan fingerprint density at radius 2 is 1.80 bits per heavy atom. The van der Waals surface area contributed by atoms with Gasteiger partial charge in [-0.1, -0.05) is 43.2 Å². The number of hydrogen-bond donors (Lipinski definition) is 2. The molecule has 2 aromatic carbocycles. The fraction of sp³-hybridized carbons (Fsp3) is 0.286. The Morgan fingerprint density at radius 1 is 0.971 bits per heavy atom. The lowest BCUT2D eigenvalue weighted by molar-refractivity contribution is -0.116. The van der Waals surface area contributed by atoms with Crippen LogP contribution in [-0.4, -0.2) is 25.9 Å². The van der Waals surface area contributed by atoms with Gasteiger partial charge in [0.2, 0.25) is 5.91 Å². The summed E-state index contributed by atoms with van der Waals surface area (Å²) in [6, 6.07) is 16.6. The van der Waals surface area contributed by atoms with Crippen LogP contribution in [0.5, 0.6) is 0 Å². The molecule has 2 N–H and O–H groups in total. The summed E-state index contributed by atoms with van der Waals surface area (Å²) in [5.74, 6) is -0.110.